The maximum absolute atomic E-state index is 12.6. The van der Waals surface area contributed by atoms with Gasteiger partial charge in [-0.2, -0.15) is 0 Å². The molecule has 5 nitrogen and oxygen atoms in total. The zero-order valence-electron chi connectivity index (χ0n) is 18.2. The van der Waals surface area contributed by atoms with Gasteiger partial charge < -0.3 is 20.0 Å². The van der Waals surface area contributed by atoms with Gasteiger partial charge in [-0.25, -0.2) is 4.79 Å². The summed E-state index contributed by atoms with van der Waals surface area (Å²) in [7, 11) is 0. The van der Waals surface area contributed by atoms with E-state index in [2.05, 4.69) is 43.4 Å². The van der Waals surface area contributed by atoms with Gasteiger partial charge in [0.2, 0.25) is 0 Å². The number of hydrogen-bond acceptors (Lipinski definition) is 4. The van der Waals surface area contributed by atoms with Crippen LogP contribution in [0.2, 0.25) is 0 Å². The second kappa shape index (κ2) is 9.27. The van der Waals surface area contributed by atoms with Gasteiger partial charge in [-0.15, -0.1) is 0 Å². The summed E-state index contributed by atoms with van der Waals surface area (Å²) in [6, 6.07) is 23.1. The molecule has 0 fully saturated rings. The van der Waals surface area contributed by atoms with E-state index in [1.807, 2.05) is 48.5 Å². The van der Waals surface area contributed by atoms with E-state index in [0.717, 1.165) is 27.8 Å². The minimum atomic E-state index is -1.23. The van der Waals surface area contributed by atoms with Crippen LogP contribution in [0, 0.1) is 0 Å². The molecule has 0 radical (unpaired) electrons. The number of benzene rings is 3. The van der Waals surface area contributed by atoms with Crippen LogP contribution in [0.5, 0.6) is 0 Å². The summed E-state index contributed by atoms with van der Waals surface area (Å²) in [5, 5.41) is 14.0. The number of carbonyl (C=O) groups is 2. The van der Waals surface area contributed by atoms with Crippen molar-refractivity contribution in [3.8, 4) is 11.1 Å². The Kier molecular flexibility index (Phi) is 6.26. The number of fused-ring (bicyclic) bond motifs is 3. The number of amides is 1. The van der Waals surface area contributed by atoms with Crippen LogP contribution < -0.4 is 10.4 Å². The number of hydrogen-bond donors (Lipinski definition) is 1. The van der Waals surface area contributed by atoms with Crippen molar-refractivity contribution in [3.05, 3.63) is 95.1 Å². The topological polar surface area (TPSA) is 78.5 Å². The van der Waals surface area contributed by atoms with Crippen LogP contribution in [0.4, 0.5) is 4.79 Å². The molecular formula is C27H26NO4-. The van der Waals surface area contributed by atoms with Gasteiger partial charge in [0, 0.05) is 18.3 Å². The predicted octanol–water partition coefficient (Wildman–Crippen LogP) is 4.53. The number of aliphatic carboxylic acids is 1. The summed E-state index contributed by atoms with van der Waals surface area (Å²) in [6.07, 6.45) is -0.975. The molecule has 1 aliphatic carbocycles. The molecule has 0 saturated heterocycles. The van der Waals surface area contributed by atoms with E-state index in [1.54, 1.807) is 0 Å². The quantitative estimate of drug-likeness (QED) is 0.600. The molecular weight excluding hydrogens is 402 g/mol. The lowest BCUT2D eigenvalue weighted by Crippen LogP contribution is -2.35. The van der Waals surface area contributed by atoms with Crippen molar-refractivity contribution in [2.75, 3.05) is 6.61 Å². The summed E-state index contributed by atoms with van der Waals surface area (Å²) in [5.74, 6) is -0.932. The van der Waals surface area contributed by atoms with Gasteiger partial charge in [-0.3, -0.25) is 0 Å². The Balaban J connectivity index is 1.46. The van der Waals surface area contributed by atoms with Crippen LogP contribution in [0.3, 0.4) is 0 Å². The van der Waals surface area contributed by atoms with Crippen molar-refractivity contribution in [3.63, 3.8) is 0 Å². The van der Waals surface area contributed by atoms with Crippen molar-refractivity contribution < 1.29 is 19.4 Å². The van der Waals surface area contributed by atoms with Crippen molar-refractivity contribution in [1.29, 1.82) is 0 Å². The highest BCUT2D eigenvalue weighted by Gasteiger charge is 2.29. The third-order valence-corrected chi connectivity index (χ3v) is 6.01. The Morgan fingerprint density at radius 3 is 1.94 bits per heavy atom. The lowest BCUT2D eigenvalue weighted by Gasteiger charge is -2.21. The lowest BCUT2D eigenvalue weighted by atomic mass is 9.97. The van der Waals surface area contributed by atoms with E-state index in [0.29, 0.717) is 11.5 Å². The molecule has 0 saturated carbocycles. The Bertz CT molecular complexity index is 1080. The van der Waals surface area contributed by atoms with Crippen LogP contribution >= 0.6 is 0 Å². The van der Waals surface area contributed by atoms with Crippen molar-refractivity contribution in [2.24, 2.45) is 0 Å². The van der Waals surface area contributed by atoms with Crippen molar-refractivity contribution in [1.82, 2.24) is 5.32 Å². The second-order valence-electron chi connectivity index (χ2n) is 8.42. The largest absolute Gasteiger partial charge is 0.550 e. The fraction of sp³-hybridized carbons (Fsp3) is 0.259. The fourth-order valence-corrected chi connectivity index (χ4v) is 4.31. The van der Waals surface area contributed by atoms with Crippen LogP contribution in [0.15, 0.2) is 72.8 Å². The number of carbonyl (C=O) groups excluding carboxylic acids is 2. The molecule has 0 aromatic heterocycles. The minimum Gasteiger partial charge on any atom is -0.550 e. The molecule has 1 amide bonds. The first kappa shape index (κ1) is 21.6. The molecule has 3 aromatic rings. The summed E-state index contributed by atoms with van der Waals surface area (Å²) >= 11 is 0. The Morgan fingerprint density at radius 2 is 1.41 bits per heavy atom. The predicted molar refractivity (Wildman–Crippen MR) is 121 cm³/mol. The highest BCUT2D eigenvalue weighted by atomic mass is 16.5. The van der Waals surface area contributed by atoms with E-state index in [-0.39, 0.29) is 18.9 Å². The number of nitrogens with one attached hydrogen (secondary N) is 1. The highest BCUT2D eigenvalue weighted by molar-refractivity contribution is 5.79. The summed E-state index contributed by atoms with van der Waals surface area (Å²) in [6.45, 7) is 4.34. The van der Waals surface area contributed by atoms with Crippen LogP contribution in [0.1, 0.15) is 60.4 Å². The fourth-order valence-electron chi connectivity index (χ4n) is 4.31. The number of ether oxygens (including phenoxy) is 1. The van der Waals surface area contributed by atoms with Gasteiger partial charge in [0.15, 0.2) is 0 Å². The monoisotopic (exact) mass is 428 g/mol. The van der Waals surface area contributed by atoms with Gasteiger partial charge in [-0.05, 0) is 39.3 Å². The average molecular weight is 429 g/mol. The molecule has 5 heteroatoms. The molecule has 0 unspecified atom stereocenters. The Morgan fingerprint density at radius 1 is 0.875 bits per heavy atom. The van der Waals surface area contributed by atoms with Gasteiger partial charge in [-0.1, -0.05) is 86.6 Å². The van der Waals surface area contributed by atoms with Crippen LogP contribution in [-0.2, 0) is 9.53 Å². The van der Waals surface area contributed by atoms with E-state index < -0.39 is 18.1 Å². The van der Waals surface area contributed by atoms with Crippen molar-refractivity contribution >= 4 is 12.1 Å². The van der Waals surface area contributed by atoms with E-state index >= 15 is 0 Å². The maximum Gasteiger partial charge on any atom is 0.407 e. The zero-order valence-corrected chi connectivity index (χ0v) is 18.2. The summed E-state index contributed by atoms with van der Waals surface area (Å²) in [5.41, 5.74) is 6.39. The third-order valence-electron chi connectivity index (χ3n) is 6.01. The standard InChI is InChI=1S/C27H27NO4/c1-17(2)18-11-13-19(14-12-18)25(15-26(29)30)28-27(31)32-16-24-22-9-5-3-7-20(22)21-8-4-6-10-23(21)24/h3-14,17,24-25H,15-16H2,1-2H3,(H,28,31)(H,29,30)/p-1/t25-/m0/s1. The normalized spacial score (nSPS) is 13.3. The summed E-state index contributed by atoms with van der Waals surface area (Å²) in [4.78, 5) is 23.9. The van der Waals surface area contributed by atoms with Gasteiger partial charge >= 0.3 is 6.09 Å². The smallest absolute Gasteiger partial charge is 0.407 e. The number of carboxylic acids is 1. The molecule has 1 atom stereocenters. The Labute approximate surface area is 188 Å². The molecule has 4 rings (SSSR count). The second-order valence-corrected chi connectivity index (χ2v) is 8.42. The molecule has 164 valence electrons. The lowest BCUT2D eigenvalue weighted by molar-refractivity contribution is -0.306. The Hall–Kier alpha value is -3.60. The minimum absolute atomic E-state index is 0.0573. The third kappa shape index (κ3) is 4.52. The molecule has 3 aromatic carbocycles. The molecule has 32 heavy (non-hydrogen) atoms. The first-order valence-electron chi connectivity index (χ1n) is 10.8. The first-order chi connectivity index (χ1) is 15.4. The average Bonchev–Trinajstić information content (AvgIpc) is 3.11. The van der Waals surface area contributed by atoms with Gasteiger partial charge in [0.1, 0.15) is 6.61 Å². The van der Waals surface area contributed by atoms with E-state index in [9.17, 15) is 14.7 Å². The summed E-state index contributed by atoms with van der Waals surface area (Å²) < 4.78 is 5.57. The highest BCUT2D eigenvalue weighted by Crippen LogP contribution is 2.44. The molecule has 0 bridgehead atoms. The van der Waals surface area contributed by atoms with E-state index in [1.165, 1.54) is 0 Å². The molecule has 1 aliphatic rings. The SMILES string of the molecule is CC(C)c1ccc([C@H](CC(=O)[O-])NC(=O)OCC2c3ccccc3-c3ccccc32)cc1. The molecule has 1 N–H and O–H groups in total. The van der Waals surface area contributed by atoms with Crippen LogP contribution in [-0.4, -0.2) is 18.7 Å². The number of alkyl carbamates (subject to hydrolysis) is 1. The molecule has 0 heterocycles. The number of rotatable bonds is 7. The molecule has 0 aliphatic heterocycles. The van der Waals surface area contributed by atoms with E-state index in [4.69, 9.17) is 4.74 Å². The molecule has 0 spiro atoms. The number of carboxylic acid groups (broad SMARTS) is 1. The van der Waals surface area contributed by atoms with Gasteiger partial charge in [0.05, 0.1) is 6.04 Å². The maximum atomic E-state index is 12.6. The van der Waals surface area contributed by atoms with Crippen molar-refractivity contribution in [2.45, 2.75) is 38.1 Å². The van der Waals surface area contributed by atoms with Gasteiger partial charge in [0.25, 0.3) is 0 Å². The first-order valence-corrected chi connectivity index (χ1v) is 10.8. The zero-order chi connectivity index (χ0) is 22.7. The van der Waals surface area contributed by atoms with Crippen LogP contribution in [0.25, 0.3) is 11.1 Å².